The monoisotopic (exact) mass is 477 g/mol. The molecule has 0 bridgehead atoms. The number of thiophene rings is 1. The number of hydrogen-bond acceptors (Lipinski definition) is 6. The number of fused-ring (bicyclic) bond motifs is 2. The Labute approximate surface area is 203 Å². The molecule has 1 amide bonds. The lowest BCUT2D eigenvalue weighted by Gasteiger charge is -2.07. The van der Waals surface area contributed by atoms with E-state index in [9.17, 15) is 4.79 Å². The van der Waals surface area contributed by atoms with Crippen molar-refractivity contribution >= 4 is 44.9 Å². The van der Waals surface area contributed by atoms with Gasteiger partial charge >= 0.3 is 0 Å². The average Bonchev–Trinajstić information content (AvgIpc) is 3.26. The zero-order valence-electron chi connectivity index (χ0n) is 18.4. The van der Waals surface area contributed by atoms with E-state index in [0.29, 0.717) is 11.5 Å². The Bertz CT molecular complexity index is 1710. The smallest absolute Gasteiger partial charge is 0.227 e. The fourth-order valence-electron chi connectivity index (χ4n) is 4.29. The number of nitrogens with zero attached hydrogens (tertiary/aromatic N) is 4. The number of aromatic nitrogens is 6. The summed E-state index contributed by atoms with van der Waals surface area (Å²) in [5.41, 5.74) is 7.87. The molecule has 3 N–H and O–H groups in total. The van der Waals surface area contributed by atoms with E-state index < -0.39 is 0 Å². The van der Waals surface area contributed by atoms with Crippen LogP contribution >= 0.6 is 11.3 Å². The molecule has 5 aromatic heterocycles. The fourth-order valence-corrected chi connectivity index (χ4v) is 4.93. The van der Waals surface area contributed by atoms with Gasteiger partial charge in [0.15, 0.2) is 5.82 Å². The molecule has 7 rings (SSSR count). The topological polar surface area (TPSA) is 112 Å². The standard InChI is InChI=1S/C26H19N7OS/c34-26(14-1-2-14)29-18-9-17(11-27-12-18)15-3-4-20-19(10-15)23(33-32-20)25-30-21-5-7-28-22(24(21)31-25)16-6-8-35-13-16/h3-14H,1-2H2,(H,29,34)(H,30,31)(H,32,33). The Hall–Kier alpha value is -4.37. The van der Waals surface area contributed by atoms with Gasteiger partial charge in [0.25, 0.3) is 0 Å². The summed E-state index contributed by atoms with van der Waals surface area (Å²) >= 11 is 1.63. The van der Waals surface area contributed by atoms with Crippen LogP contribution in [-0.2, 0) is 4.79 Å². The van der Waals surface area contributed by atoms with Gasteiger partial charge in [-0.15, -0.1) is 0 Å². The lowest BCUT2D eigenvalue weighted by atomic mass is 10.0. The Morgan fingerprint density at radius 1 is 1.00 bits per heavy atom. The van der Waals surface area contributed by atoms with Gasteiger partial charge in [0, 0.05) is 40.2 Å². The van der Waals surface area contributed by atoms with Gasteiger partial charge in [0.1, 0.15) is 11.2 Å². The number of benzene rings is 1. The molecule has 1 saturated carbocycles. The Balaban J connectivity index is 1.29. The Kier molecular flexibility index (Phi) is 4.49. The van der Waals surface area contributed by atoms with Gasteiger partial charge in [-0.3, -0.25) is 19.9 Å². The van der Waals surface area contributed by atoms with Crippen LogP contribution in [0.3, 0.4) is 0 Å². The van der Waals surface area contributed by atoms with E-state index in [1.165, 1.54) is 0 Å². The van der Waals surface area contributed by atoms with Gasteiger partial charge in [-0.1, -0.05) is 6.07 Å². The van der Waals surface area contributed by atoms with Crippen molar-refractivity contribution in [2.45, 2.75) is 12.8 Å². The second kappa shape index (κ2) is 7.85. The molecule has 0 saturated heterocycles. The highest BCUT2D eigenvalue weighted by Gasteiger charge is 2.29. The largest absolute Gasteiger partial charge is 0.336 e. The first-order chi connectivity index (χ1) is 17.2. The van der Waals surface area contributed by atoms with Crippen molar-refractivity contribution in [1.29, 1.82) is 0 Å². The maximum absolute atomic E-state index is 12.2. The average molecular weight is 478 g/mol. The summed E-state index contributed by atoms with van der Waals surface area (Å²) in [6.07, 6.45) is 7.20. The number of H-pyrrole nitrogens is 2. The molecule has 6 aromatic rings. The number of carbonyl (C=O) groups is 1. The predicted molar refractivity (Wildman–Crippen MR) is 137 cm³/mol. The zero-order valence-corrected chi connectivity index (χ0v) is 19.3. The maximum atomic E-state index is 12.2. The molecule has 1 aliphatic carbocycles. The number of nitrogens with one attached hydrogen (secondary N) is 3. The highest BCUT2D eigenvalue weighted by Crippen LogP contribution is 2.34. The van der Waals surface area contributed by atoms with E-state index in [1.807, 2.05) is 35.7 Å². The minimum absolute atomic E-state index is 0.0673. The van der Waals surface area contributed by atoms with Crippen molar-refractivity contribution in [2.75, 3.05) is 5.32 Å². The van der Waals surface area contributed by atoms with Crippen molar-refractivity contribution in [3.8, 4) is 33.9 Å². The lowest BCUT2D eigenvalue weighted by molar-refractivity contribution is -0.117. The quantitative estimate of drug-likeness (QED) is 0.297. The van der Waals surface area contributed by atoms with E-state index in [4.69, 9.17) is 4.98 Å². The summed E-state index contributed by atoms with van der Waals surface area (Å²) in [4.78, 5) is 29.4. The van der Waals surface area contributed by atoms with Crippen LogP contribution in [-0.4, -0.2) is 36.0 Å². The van der Waals surface area contributed by atoms with Crippen LogP contribution in [0, 0.1) is 5.92 Å². The molecule has 1 aromatic carbocycles. The van der Waals surface area contributed by atoms with Gasteiger partial charge in [0.2, 0.25) is 5.91 Å². The van der Waals surface area contributed by atoms with Crippen LogP contribution in [0.1, 0.15) is 12.8 Å². The number of amides is 1. The molecule has 35 heavy (non-hydrogen) atoms. The summed E-state index contributed by atoms with van der Waals surface area (Å²) in [7, 11) is 0. The Morgan fingerprint density at radius 2 is 1.94 bits per heavy atom. The van der Waals surface area contributed by atoms with E-state index >= 15 is 0 Å². The predicted octanol–water partition coefficient (Wildman–Crippen LogP) is 5.64. The molecule has 1 fully saturated rings. The van der Waals surface area contributed by atoms with Crippen LogP contribution in [0.2, 0.25) is 0 Å². The van der Waals surface area contributed by atoms with E-state index in [0.717, 1.165) is 62.9 Å². The first-order valence-corrected chi connectivity index (χ1v) is 12.3. The molecule has 5 heterocycles. The molecule has 0 spiro atoms. The summed E-state index contributed by atoms with van der Waals surface area (Å²) in [5.74, 6) is 0.886. The number of anilines is 1. The van der Waals surface area contributed by atoms with Crippen molar-refractivity contribution in [1.82, 2.24) is 30.1 Å². The molecular weight excluding hydrogens is 458 g/mol. The fraction of sp³-hybridized carbons (Fsp3) is 0.115. The van der Waals surface area contributed by atoms with Crippen molar-refractivity contribution in [2.24, 2.45) is 5.92 Å². The second-order valence-corrected chi connectivity index (χ2v) is 9.49. The molecule has 0 aliphatic heterocycles. The number of imidazole rings is 1. The van der Waals surface area contributed by atoms with Crippen LogP contribution < -0.4 is 5.32 Å². The molecule has 0 radical (unpaired) electrons. The highest BCUT2D eigenvalue weighted by molar-refractivity contribution is 7.08. The number of rotatable bonds is 5. The van der Waals surface area contributed by atoms with Crippen LogP contribution in [0.15, 0.2) is 65.7 Å². The summed E-state index contributed by atoms with van der Waals surface area (Å²) in [6, 6.07) is 12.0. The first kappa shape index (κ1) is 20.0. The number of aromatic amines is 2. The molecule has 0 unspecified atom stereocenters. The van der Waals surface area contributed by atoms with Gasteiger partial charge < -0.3 is 10.3 Å². The minimum Gasteiger partial charge on any atom is -0.336 e. The van der Waals surface area contributed by atoms with Crippen LogP contribution in [0.25, 0.3) is 55.8 Å². The lowest BCUT2D eigenvalue weighted by Crippen LogP contribution is -2.13. The summed E-state index contributed by atoms with van der Waals surface area (Å²) in [6.45, 7) is 0. The third-order valence-electron chi connectivity index (χ3n) is 6.27. The van der Waals surface area contributed by atoms with Crippen molar-refractivity contribution in [3.63, 3.8) is 0 Å². The summed E-state index contributed by atoms with van der Waals surface area (Å²) in [5, 5.41) is 15.7. The minimum atomic E-state index is 0.0673. The SMILES string of the molecule is O=C(Nc1cncc(-c2ccc3[nH]nc(-c4nc5c(-c6ccsc6)nccc5[nH]4)c3c2)c1)C1CC1. The van der Waals surface area contributed by atoms with Gasteiger partial charge in [0.05, 0.1) is 28.6 Å². The summed E-state index contributed by atoms with van der Waals surface area (Å²) < 4.78 is 0. The zero-order chi connectivity index (χ0) is 23.4. The van der Waals surface area contributed by atoms with E-state index in [1.54, 1.807) is 29.9 Å². The molecule has 1 aliphatic rings. The maximum Gasteiger partial charge on any atom is 0.227 e. The van der Waals surface area contributed by atoms with Crippen molar-refractivity contribution in [3.05, 3.63) is 65.7 Å². The first-order valence-electron chi connectivity index (χ1n) is 11.3. The normalized spacial score (nSPS) is 13.5. The van der Waals surface area contributed by atoms with Gasteiger partial charge in [-0.05, 0) is 54.1 Å². The Morgan fingerprint density at radius 3 is 2.80 bits per heavy atom. The molecule has 170 valence electrons. The number of hydrogen-bond donors (Lipinski definition) is 3. The number of pyridine rings is 2. The number of carbonyl (C=O) groups excluding carboxylic acids is 1. The van der Waals surface area contributed by atoms with Crippen LogP contribution in [0.4, 0.5) is 5.69 Å². The third kappa shape index (κ3) is 3.57. The molecule has 9 heteroatoms. The van der Waals surface area contributed by atoms with Crippen LogP contribution in [0.5, 0.6) is 0 Å². The molecule has 8 nitrogen and oxygen atoms in total. The van der Waals surface area contributed by atoms with Crippen molar-refractivity contribution < 1.29 is 4.79 Å². The molecule has 0 atom stereocenters. The highest BCUT2D eigenvalue weighted by atomic mass is 32.1. The van der Waals surface area contributed by atoms with E-state index in [-0.39, 0.29) is 11.8 Å². The van der Waals surface area contributed by atoms with E-state index in [2.05, 4.69) is 41.9 Å². The third-order valence-corrected chi connectivity index (χ3v) is 6.95. The second-order valence-electron chi connectivity index (χ2n) is 8.71. The van der Waals surface area contributed by atoms with Gasteiger partial charge in [-0.2, -0.15) is 16.4 Å². The molecular formula is C26H19N7OS. The van der Waals surface area contributed by atoms with Gasteiger partial charge in [-0.25, -0.2) is 4.98 Å².